The first-order valence-electron chi connectivity index (χ1n) is 7.01. The molecule has 1 fully saturated rings. The highest BCUT2D eigenvalue weighted by atomic mass is 32.2. The second kappa shape index (κ2) is 6.91. The third-order valence-electron chi connectivity index (χ3n) is 3.32. The molecule has 0 spiro atoms. The third kappa shape index (κ3) is 5.73. The average molecular weight is 311 g/mol. The molecule has 1 unspecified atom stereocenters. The highest BCUT2D eigenvalue weighted by Gasteiger charge is 2.16. The van der Waals surface area contributed by atoms with Gasteiger partial charge >= 0.3 is 0 Å². The molecule has 0 radical (unpaired) electrons. The number of sulfonamides is 1. The summed E-state index contributed by atoms with van der Waals surface area (Å²) in [7, 11) is -3.32. The number of rotatable bonds is 5. The molecule has 1 amide bonds. The lowest BCUT2D eigenvalue weighted by molar-refractivity contribution is -0.117. The van der Waals surface area contributed by atoms with Crippen LogP contribution in [0.15, 0.2) is 24.3 Å². The first kappa shape index (κ1) is 15.8. The Labute approximate surface area is 125 Å². The molecule has 0 bridgehead atoms. The van der Waals surface area contributed by atoms with Gasteiger partial charge in [-0.2, -0.15) is 0 Å². The number of benzene rings is 1. The molecule has 7 heteroatoms. The van der Waals surface area contributed by atoms with Gasteiger partial charge in [0.25, 0.3) is 0 Å². The summed E-state index contributed by atoms with van der Waals surface area (Å²) in [6.45, 7) is 1.90. The van der Waals surface area contributed by atoms with E-state index in [1.54, 1.807) is 24.3 Å². The van der Waals surface area contributed by atoms with E-state index in [1.165, 1.54) is 0 Å². The van der Waals surface area contributed by atoms with Crippen molar-refractivity contribution in [1.29, 1.82) is 0 Å². The van der Waals surface area contributed by atoms with Crippen molar-refractivity contribution in [1.82, 2.24) is 5.32 Å². The van der Waals surface area contributed by atoms with Crippen LogP contribution in [0.3, 0.4) is 0 Å². The molecule has 1 aliphatic rings. The first-order valence-corrected chi connectivity index (χ1v) is 8.90. The highest BCUT2D eigenvalue weighted by molar-refractivity contribution is 7.92. The second-order valence-corrected chi connectivity index (χ2v) is 7.17. The maximum Gasteiger partial charge on any atom is 0.229 e. The van der Waals surface area contributed by atoms with Gasteiger partial charge in [0.2, 0.25) is 15.9 Å². The van der Waals surface area contributed by atoms with E-state index in [1.807, 2.05) is 0 Å². The van der Waals surface area contributed by atoms with E-state index >= 15 is 0 Å². The van der Waals surface area contributed by atoms with Crippen molar-refractivity contribution in [2.24, 2.45) is 5.92 Å². The minimum absolute atomic E-state index is 0.0415. The Morgan fingerprint density at radius 1 is 1.38 bits per heavy atom. The number of hydrogen-bond acceptors (Lipinski definition) is 4. The van der Waals surface area contributed by atoms with Crippen LogP contribution in [-0.4, -0.2) is 33.7 Å². The van der Waals surface area contributed by atoms with Crippen LogP contribution in [-0.2, 0) is 14.8 Å². The van der Waals surface area contributed by atoms with E-state index in [2.05, 4.69) is 15.4 Å². The van der Waals surface area contributed by atoms with Crippen molar-refractivity contribution in [2.75, 3.05) is 29.4 Å². The van der Waals surface area contributed by atoms with Gasteiger partial charge in [0.1, 0.15) is 0 Å². The van der Waals surface area contributed by atoms with Gasteiger partial charge < -0.3 is 10.6 Å². The van der Waals surface area contributed by atoms with Crippen LogP contribution in [0.2, 0.25) is 0 Å². The lowest BCUT2D eigenvalue weighted by Crippen LogP contribution is -2.32. The number of piperidine rings is 1. The van der Waals surface area contributed by atoms with Gasteiger partial charge in [-0.05, 0) is 50.0 Å². The number of anilines is 2. The van der Waals surface area contributed by atoms with Crippen LogP contribution in [0, 0.1) is 5.92 Å². The Bertz CT molecular complexity index is 595. The van der Waals surface area contributed by atoms with Crippen LogP contribution < -0.4 is 15.4 Å². The monoisotopic (exact) mass is 311 g/mol. The maximum atomic E-state index is 12.0. The van der Waals surface area contributed by atoms with Crippen molar-refractivity contribution in [3.63, 3.8) is 0 Å². The van der Waals surface area contributed by atoms with Crippen LogP contribution in [0.25, 0.3) is 0 Å². The van der Waals surface area contributed by atoms with Crippen molar-refractivity contribution < 1.29 is 13.2 Å². The zero-order valence-electron chi connectivity index (χ0n) is 12.1. The Morgan fingerprint density at radius 3 is 2.81 bits per heavy atom. The normalized spacial score (nSPS) is 19.0. The summed E-state index contributed by atoms with van der Waals surface area (Å²) in [5.74, 6) is 0.330. The predicted molar refractivity (Wildman–Crippen MR) is 83.7 cm³/mol. The topological polar surface area (TPSA) is 87.3 Å². The van der Waals surface area contributed by atoms with Crippen LogP contribution in [0.4, 0.5) is 11.4 Å². The zero-order chi connectivity index (χ0) is 15.3. The van der Waals surface area contributed by atoms with E-state index in [-0.39, 0.29) is 5.91 Å². The van der Waals surface area contributed by atoms with E-state index in [0.29, 0.717) is 23.7 Å². The summed E-state index contributed by atoms with van der Waals surface area (Å²) >= 11 is 0. The Hall–Kier alpha value is -1.60. The summed E-state index contributed by atoms with van der Waals surface area (Å²) < 4.78 is 24.8. The molecule has 1 aliphatic heterocycles. The number of carbonyl (C=O) groups is 1. The summed E-state index contributed by atoms with van der Waals surface area (Å²) in [4.78, 5) is 12.0. The molecule has 0 aliphatic carbocycles. The van der Waals surface area contributed by atoms with Crippen molar-refractivity contribution in [3.8, 4) is 0 Å². The van der Waals surface area contributed by atoms with Crippen LogP contribution in [0.1, 0.15) is 19.3 Å². The zero-order valence-corrected chi connectivity index (χ0v) is 12.9. The van der Waals surface area contributed by atoms with Crippen LogP contribution >= 0.6 is 0 Å². The summed E-state index contributed by atoms with van der Waals surface area (Å²) in [5.41, 5.74) is 1.03. The van der Waals surface area contributed by atoms with Gasteiger partial charge in [0.15, 0.2) is 0 Å². The lowest BCUT2D eigenvalue weighted by Gasteiger charge is -2.22. The fourth-order valence-corrected chi connectivity index (χ4v) is 3.00. The molecule has 1 atom stereocenters. The van der Waals surface area contributed by atoms with Crippen LogP contribution in [0.5, 0.6) is 0 Å². The molecule has 1 saturated heterocycles. The molecule has 3 N–H and O–H groups in total. The predicted octanol–water partition coefficient (Wildman–Crippen LogP) is 1.39. The lowest BCUT2D eigenvalue weighted by atomic mass is 9.96. The number of hydrogen-bond donors (Lipinski definition) is 3. The van der Waals surface area contributed by atoms with Gasteiger partial charge in [-0.1, -0.05) is 6.07 Å². The average Bonchev–Trinajstić information content (AvgIpc) is 2.38. The standard InChI is InChI=1S/C14H21N3O3S/c1-21(19,20)17-13-6-2-5-12(9-13)16-14(18)8-11-4-3-7-15-10-11/h2,5-6,9,11,15,17H,3-4,7-8,10H2,1H3,(H,16,18). The largest absolute Gasteiger partial charge is 0.326 e. The van der Waals surface area contributed by atoms with E-state index < -0.39 is 10.0 Å². The number of nitrogens with one attached hydrogen (secondary N) is 3. The smallest absolute Gasteiger partial charge is 0.229 e. The van der Waals surface area contributed by atoms with Gasteiger partial charge in [0.05, 0.1) is 11.9 Å². The maximum absolute atomic E-state index is 12.0. The molecule has 21 heavy (non-hydrogen) atoms. The van der Waals surface area contributed by atoms with Gasteiger partial charge in [-0.25, -0.2) is 8.42 Å². The van der Waals surface area contributed by atoms with E-state index in [0.717, 1.165) is 32.2 Å². The Kier molecular flexibility index (Phi) is 5.19. The fourth-order valence-electron chi connectivity index (χ4n) is 2.45. The molecule has 1 heterocycles. The van der Waals surface area contributed by atoms with E-state index in [4.69, 9.17) is 0 Å². The summed E-state index contributed by atoms with van der Waals surface area (Å²) in [5, 5.41) is 6.10. The van der Waals surface area contributed by atoms with Gasteiger partial charge in [-0.15, -0.1) is 0 Å². The molecule has 2 rings (SSSR count). The molecule has 1 aromatic carbocycles. The SMILES string of the molecule is CS(=O)(=O)Nc1cccc(NC(=O)CC2CCCNC2)c1. The highest BCUT2D eigenvalue weighted by Crippen LogP contribution is 2.18. The molecule has 0 saturated carbocycles. The molecule has 0 aromatic heterocycles. The Morgan fingerprint density at radius 2 is 2.14 bits per heavy atom. The second-order valence-electron chi connectivity index (χ2n) is 5.42. The Balaban J connectivity index is 1.92. The minimum Gasteiger partial charge on any atom is -0.326 e. The third-order valence-corrected chi connectivity index (χ3v) is 3.93. The molecular weight excluding hydrogens is 290 g/mol. The van der Waals surface area contributed by atoms with E-state index in [9.17, 15) is 13.2 Å². The minimum atomic E-state index is -3.32. The van der Waals surface area contributed by atoms with Gasteiger partial charge in [-0.3, -0.25) is 9.52 Å². The van der Waals surface area contributed by atoms with Crippen molar-refractivity contribution in [2.45, 2.75) is 19.3 Å². The summed E-state index contributed by atoms with van der Waals surface area (Å²) in [6.07, 6.45) is 3.74. The molecular formula is C14H21N3O3S. The quantitative estimate of drug-likeness (QED) is 0.767. The van der Waals surface area contributed by atoms with Crippen molar-refractivity contribution >= 4 is 27.3 Å². The fraction of sp³-hybridized carbons (Fsp3) is 0.500. The molecule has 1 aromatic rings. The number of carbonyl (C=O) groups excluding carboxylic acids is 1. The molecule has 6 nitrogen and oxygen atoms in total. The van der Waals surface area contributed by atoms with Crippen molar-refractivity contribution in [3.05, 3.63) is 24.3 Å². The first-order chi connectivity index (χ1) is 9.92. The number of amides is 1. The molecule has 116 valence electrons. The summed E-state index contributed by atoms with van der Waals surface area (Å²) in [6, 6.07) is 6.69. The van der Waals surface area contributed by atoms with Gasteiger partial charge in [0, 0.05) is 12.1 Å².